The maximum absolute atomic E-state index is 13.3. The first-order valence-corrected chi connectivity index (χ1v) is 13.3. The number of fused-ring (bicyclic) bond motifs is 1. The quantitative estimate of drug-likeness (QED) is 0.255. The second-order valence-electron chi connectivity index (χ2n) is 8.75. The van der Waals surface area contributed by atoms with E-state index in [-0.39, 0.29) is 12.0 Å². The molecule has 2 aromatic carbocycles. The van der Waals surface area contributed by atoms with Crippen molar-refractivity contribution in [3.8, 4) is 0 Å². The Bertz CT molecular complexity index is 1040. The van der Waals surface area contributed by atoms with Crippen LogP contribution in [0.4, 0.5) is 5.13 Å². The molecule has 0 saturated carbocycles. The number of aryl methyl sites for hydroxylation is 1. The van der Waals surface area contributed by atoms with Gasteiger partial charge in [0.2, 0.25) is 5.91 Å². The van der Waals surface area contributed by atoms with Crippen LogP contribution in [0.25, 0.3) is 10.2 Å². The first-order valence-electron chi connectivity index (χ1n) is 11.5. The zero-order valence-electron chi connectivity index (χ0n) is 19.2. The third-order valence-electron chi connectivity index (χ3n) is 5.83. The smallest absolute Gasteiger partial charge is 0.228 e. The number of ether oxygens (including phenoxy) is 1. The molecule has 1 atom stereocenters. The van der Waals surface area contributed by atoms with E-state index in [0.717, 1.165) is 47.0 Å². The second kappa shape index (κ2) is 10.8. The van der Waals surface area contributed by atoms with Crippen molar-refractivity contribution in [3.63, 3.8) is 0 Å². The molecule has 0 N–H and O–H groups in total. The lowest BCUT2D eigenvalue weighted by Crippen LogP contribution is -2.37. The van der Waals surface area contributed by atoms with Crippen LogP contribution in [0.3, 0.4) is 0 Å². The molecule has 1 amide bonds. The molecule has 0 aliphatic carbocycles. The summed E-state index contributed by atoms with van der Waals surface area (Å²) in [6, 6.07) is 14.9. The average molecular weight is 469 g/mol. The summed E-state index contributed by atoms with van der Waals surface area (Å²) in [6.45, 7) is 7.86. The Kier molecular flexibility index (Phi) is 7.87. The van der Waals surface area contributed by atoms with Crippen molar-refractivity contribution < 1.29 is 9.53 Å². The van der Waals surface area contributed by atoms with E-state index in [0.29, 0.717) is 18.9 Å². The fraction of sp³-hybridized carbons (Fsp3) is 0.462. The lowest BCUT2D eigenvalue weighted by atomic mass is 10.0. The summed E-state index contributed by atoms with van der Waals surface area (Å²) < 4.78 is 7.01. The standard InChI is InChI=1S/C26H32N2O2S2/c1-18(2)22-8-4-9-23-25(22)27-26(32-23)28(17-20-7-5-15-30-20)24(29)10-6-16-31-21-13-11-19(3)12-14-21/h4,8-9,11-14,18,20H,5-7,10,15-17H2,1-3H3. The molecule has 32 heavy (non-hydrogen) atoms. The van der Waals surface area contributed by atoms with Crippen LogP contribution in [-0.4, -0.2) is 35.9 Å². The number of nitrogens with zero attached hydrogens (tertiary/aromatic N) is 2. The number of aromatic nitrogens is 1. The molecule has 2 heterocycles. The monoisotopic (exact) mass is 468 g/mol. The molecule has 1 unspecified atom stereocenters. The number of hydrogen-bond donors (Lipinski definition) is 0. The number of benzene rings is 2. The Balaban J connectivity index is 1.46. The Morgan fingerprint density at radius 3 is 2.78 bits per heavy atom. The maximum Gasteiger partial charge on any atom is 0.228 e. The van der Waals surface area contributed by atoms with Crippen molar-refractivity contribution in [3.05, 3.63) is 53.6 Å². The van der Waals surface area contributed by atoms with Crippen molar-refractivity contribution in [2.45, 2.75) is 63.4 Å². The van der Waals surface area contributed by atoms with Gasteiger partial charge in [-0.2, -0.15) is 0 Å². The minimum absolute atomic E-state index is 0.109. The Morgan fingerprint density at radius 1 is 1.25 bits per heavy atom. The second-order valence-corrected chi connectivity index (χ2v) is 10.9. The number of thioether (sulfide) groups is 1. The van der Waals surface area contributed by atoms with E-state index in [9.17, 15) is 4.79 Å². The molecule has 3 aromatic rings. The van der Waals surface area contributed by atoms with Gasteiger partial charge in [0.1, 0.15) is 0 Å². The highest BCUT2D eigenvalue weighted by Gasteiger charge is 2.26. The minimum atomic E-state index is 0.109. The molecule has 170 valence electrons. The summed E-state index contributed by atoms with van der Waals surface area (Å²) >= 11 is 3.43. The summed E-state index contributed by atoms with van der Waals surface area (Å²) in [6.07, 6.45) is 3.56. The van der Waals surface area contributed by atoms with E-state index in [1.165, 1.54) is 16.0 Å². The van der Waals surface area contributed by atoms with Gasteiger partial charge >= 0.3 is 0 Å². The van der Waals surface area contributed by atoms with Gasteiger partial charge in [-0.15, -0.1) is 11.8 Å². The van der Waals surface area contributed by atoms with Crippen LogP contribution in [0.5, 0.6) is 0 Å². The molecule has 1 fully saturated rings. The Labute approximate surface area is 199 Å². The van der Waals surface area contributed by atoms with Crippen molar-refractivity contribution in [1.29, 1.82) is 0 Å². The lowest BCUT2D eigenvalue weighted by molar-refractivity contribution is -0.119. The molecule has 4 nitrogen and oxygen atoms in total. The third kappa shape index (κ3) is 5.72. The van der Waals surface area contributed by atoms with Gasteiger partial charge in [0.15, 0.2) is 5.13 Å². The van der Waals surface area contributed by atoms with Gasteiger partial charge in [-0.1, -0.05) is 55.0 Å². The van der Waals surface area contributed by atoms with E-state index < -0.39 is 0 Å². The van der Waals surface area contributed by atoms with Gasteiger partial charge < -0.3 is 4.74 Å². The highest BCUT2D eigenvalue weighted by Crippen LogP contribution is 2.34. The SMILES string of the molecule is Cc1ccc(SCCCC(=O)N(CC2CCCO2)c2nc3c(C(C)C)cccc3s2)cc1. The lowest BCUT2D eigenvalue weighted by Gasteiger charge is -2.23. The van der Waals surface area contributed by atoms with Crippen molar-refractivity contribution >= 4 is 44.4 Å². The van der Waals surface area contributed by atoms with E-state index in [4.69, 9.17) is 9.72 Å². The van der Waals surface area contributed by atoms with Gasteiger partial charge in [0, 0.05) is 17.9 Å². The molecule has 1 aromatic heterocycles. The average Bonchev–Trinajstić information content (AvgIpc) is 3.45. The minimum Gasteiger partial charge on any atom is -0.376 e. The topological polar surface area (TPSA) is 42.4 Å². The number of anilines is 1. The van der Waals surface area contributed by atoms with E-state index in [1.807, 2.05) is 16.7 Å². The zero-order valence-corrected chi connectivity index (χ0v) is 20.8. The highest BCUT2D eigenvalue weighted by molar-refractivity contribution is 7.99. The normalized spacial score (nSPS) is 16.2. The van der Waals surface area contributed by atoms with Crippen molar-refractivity contribution in [1.82, 2.24) is 4.98 Å². The molecule has 1 aliphatic heterocycles. The van der Waals surface area contributed by atoms with Crippen LogP contribution in [-0.2, 0) is 9.53 Å². The Hall–Kier alpha value is -1.89. The number of thiazole rings is 1. The predicted octanol–water partition coefficient (Wildman–Crippen LogP) is 6.81. The fourth-order valence-electron chi connectivity index (χ4n) is 4.00. The van der Waals surface area contributed by atoms with E-state index >= 15 is 0 Å². The zero-order chi connectivity index (χ0) is 22.5. The summed E-state index contributed by atoms with van der Waals surface area (Å²) in [5.41, 5.74) is 3.54. The number of rotatable bonds is 9. The molecular formula is C26H32N2O2S2. The number of amides is 1. The molecule has 4 rings (SSSR count). The first kappa shape index (κ1) is 23.3. The van der Waals surface area contributed by atoms with E-state index in [2.05, 4.69) is 63.2 Å². The molecule has 0 radical (unpaired) electrons. The van der Waals surface area contributed by atoms with Crippen molar-refractivity contribution in [2.75, 3.05) is 23.8 Å². The molecular weight excluding hydrogens is 436 g/mol. The van der Waals surface area contributed by atoms with Gasteiger partial charge in [0.05, 0.1) is 22.9 Å². The van der Waals surface area contributed by atoms with Gasteiger partial charge in [-0.3, -0.25) is 9.69 Å². The van der Waals surface area contributed by atoms with Crippen LogP contribution in [0.15, 0.2) is 47.4 Å². The van der Waals surface area contributed by atoms with Gasteiger partial charge in [-0.25, -0.2) is 4.98 Å². The molecule has 1 saturated heterocycles. The summed E-state index contributed by atoms with van der Waals surface area (Å²) in [5, 5.41) is 0.805. The fourth-order valence-corrected chi connectivity index (χ4v) is 5.88. The van der Waals surface area contributed by atoms with Crippen LogP contribution in [0.1, 0.15) is 56.6 Å². The van der Waals surface area contributed by atoms with Crippen LogP contribution >= 0.6 is 23.1 Å². The van der Waals surface area contributed by atoms with Crippen molar-refractivity contribution in [2.24, 2.45) is 0 Å². The summed E-state index contributed by atoms with van der Waals surface area (Å²) in [7, 11) is 0. The first-order chi connectivity index (χ1) is 15.5. The predicted molar refractivity (Wildman–Crippen MR) is 136 cm³/mol. The molecule has 0 bridgehead atoms. The van der Waals surface area contributed by atoms with Crippen LogP contribution in [0, 0.1) is 6.92 Å². The molecule has 1 aliphatic rings. The molecule has 6 heteroatoms. The summed E-state index contributed by atoms with van der Waals surface area (Å²) in [4.78, 5) is 21.4. The Morgan fingerprint density at radius 2 is 2.06 bits per heavy atom. The largest absolute Gasteiger partial charge is 0.376 e. The molecule has 0 spiro atoms. The van der Waals surface area contributed by atoms with E-state index in [1.54, 1.807) is 11.3 Å². The number of hydrogen-bond acceptors (Lipinski definition) is 5. The van der Waals surface area contributed by atoms with Crippen LogP contribution in [0.2, 0.25) is 0 Å². The third-order valence-corrected chi connectivity index (χ3v) is 7.97. The number of carbonyl (C=O) groups excluding carboxylic acids is 1. The van der Waals surface area contributed by atoms with Gasteiger partial charge in [-0.05, 0) is 61.6 Å². The number of carbonyl (C=O) groups is 1. The van der Waals surface area contributed by atoms with Gasteiger partial charge in [0.25, 0.3) is 0 Å². The number of para-hydroxylation sites is 1. The van der Waals surface area contributed by atoms with Crippen LogP contribution < -0.4 is 4.90 Å². The highest BCUT2D eigenvalue weighted by atomic mass is 32.2. The summed E-state index contributed by atoms with van der Waals surface area (Å²) in [5.74, 6) is 1.48. The maximum atomic E-state index is 13.3.